The van der Waals surface area contributed by atoms with Crippen molar-refractivity contribution in [2.24, 2.45) is 0 Å². The van der Waals surface area contributed by atoms with Crippen molar-refractivity contribution in [1.82, 2.24) is 15.3 Å². The molecule has 4 heteroatoms. The number of fused-ring (bicyclic) bond motifs is 1. The minimum atomic E-state index is -0.152. The highest BCUT2D eigenvalue weighted by Gasteiger charge is 2.16. The second kappa shape index (κ2) is 5.10. The quantitative estimate of drug-likeness (QED) is 0.823. The Bertz CT molecular complexity index is 485. The molecule has 0 spiro atoms. The predicted molar refractivity (Wildman–Crippen MR) is 67.9 cm³/mol. The third-order valence-corrected chi connectivity index (χ3v) is 2.92. The number of hydrogen-bond acceptors (Lipinski definition) is 3. The molecule has 1 atom stereocenters. The van der Waals surface area contributed by atoms with Gasteiger partial charge in [-0.1, -0.05) is 19.1 Å². The molecule has 90 valence electrons. The summed E-state index contributed by atoms with van der Waals surface area (Å²) in [6.07, 6.45) is 1.16. The molecule has 17 heavy (non-hydrogen) atoms. The Balaban J connectivity index is 2.19. The van der Waals surface area contributed by atoms with Gasteiger partial charge in [0.2, 0.25) is 0 Å². The van der Waals surface area contributed by atoms with E-state index in [9.17, 15) is 4.79 Å². The second-order valence-corrected chi connectivity index (χ2v) is 4.07. The second-order valence-electron chi connectivity index (χ2n) is 4.07. The average molecular weight is 231 g/mol. The van der Waals surface area contributed by atoms with Crippen molar-refractivity contribution in [2.75, 3.05) is 7.05 Å². The first-order valence-corrected chi connectivity index (χ1v) is 5.88. The van der Waals surface area contributed by atoms with Crippen LogP contribution in [-0.4, -0.2) is 28.8 Å². The number of rotatable bonds is 5. The number of aromatic nitrogens is 2. The van der Waals surface area contributed by atoms with Gasteiger partial charge < -0.3 is 10.3 Å². The van der Waals surface area contributed by atoms with Crippen LogP contribution in [0.15, 0.2) is 24.3 Å². The summed E-state index contributed by atoms with van der Waals surface area (Å²) in [5.74, 6) is 1.07. The zero-order valence-corrected chi connectivity index (χ0v) is 10.2. The van der Waals surface area contributed by atoms with E-state index >= 15 is 0 Å². The van der Waals surface area contributed by atoms with Crippen LogP contribution in [0, 0.1) is 0 Å². The fraction of sp³-hybridized carbons (Fsp3) is 0.385. The summed E-state index contributed by atoms with van der Waals surface area (Å²) in [6.45, 7) is 1.88. The molecule has 0 aliphatic rings. The van der Waals surface area contributed by atoms with Crippen LogP contribution in [0.3, 0.4) is 0 Å². The summed E-state index contributed by atoms with van der Waals surface area (Å²) >= 11 is 0. The highest BCUT2D eigenvalue weighted by Crippen LogP contribution is 2.11. The van der Waals surface area contributed by atoms with E-state index in [1.165, 1.54) is 0 Å². The zero-order valence-electron chi connectivity index (χ0n) is 10.2. The largest absolute Gasteiger partial charge is 0.342 e. The first-order chi connectivity index (χ1) is 8.24. The number of hydrogen-bond donors (Lipinski definition) is 2. The van der Waals surface area contributed by atoms with Gasteiger partial charge >= 0.3 is 0 Å². The van der Waals surface area contributed by atoms with Crippen molar-refractivity contribution < 1.29 is 4.79 Å². The van der Waals surface area contributed by atoms with Gasteiger partial charge in [0, 0.05) is 12.8 Å². The molecule has 2 N–H and O–H groups in total. The number of nitrogens with zero attached hydrogens (tertiary/aromatic N) is 1. The molecular weight excluding hydrogens is 214 g/mol. The van der Waals surface area contributed by atoms with Gasteiger partial charge in [0.25, 0.3) is 0 Å². The van der Waals surface area contributed by atoms with Crippen LogP contribution >= 0.6 is 0 Å². The molecule has 1 aromatic heterocycles. The molecule has 1 aromatic carbocycles. The Morgan fingerprint density at radius 2 is 2.24 bits per heavy atom. The van der Waals surface area contributed by atoms with Crippen LogP contribution in [0.1, 0.15) is 19.2 Å². The van der Waals surface area contributed by atoms with Crippen LogP contribution in [0.5, 0.6) is 0 Å². The normalized spacial score (nSPS) is 12.8. The summed E-state index contributed by atoms with van der Waals surface area (Å²) < 4.78 is 0. The van der Waals surface area contributed by atoms with E-state index in [2.05, 4.69) is 15.3 Å². The average Bonchev–Trinajstić information content (AvgIpc) is 2.77. The third-order valence-electron chi connectivity index (χ3n) is 2.92. The summed E-state index contributed by atoms with van der Waals surface area (Å²) in [7, 11) is 1.81. The number of imidazole rings is 1. The highest BCUT2D eigenvalue weighted by atomic mass is 16.1. The fourth-order valence-corrected chi connectivity index (χ4v) is 1.92. The zero-order chi connectivity index (χ0) is 12.3. The van der Waals surface area contributed by atoms with Crippen molar-refractivity contribution in [3.05, 3.63) is 30.1 Å². The minimum absolute atomic E-state index is 0.152. The van der Waals surface area contributed by atoms with Gasteiger partial charge in [0.05, 0.1) is 17.1 Å². The standard InChI is InChI=1S/C13H17N3O/c1-3-12(17)11(14-2)8-13-15-9-6-4-5-7-10(9)16-13/h4-7,11,14H,3,8H2,1-2H3,(H,15,16)/t11-/m0/s1. The summed E-state index contributed by atoms with van der Waals surface area (Å²) in [5, 5.41) is 3.04. The van der Waals surface area contributed by atoms with Gasteiger partial charge in [-0.3, -0.25) is 4.79 Å². The first kappa shape index (κ1) is 11.8. The molecule has 1 heterocycles. The van der Waals surface area contributed by atoms with Gasteiger partial charge in [-0.05, 0) is 19.2 Å². The maximum atomic E-state index is 11.7. The molecule has 4 nitrogen and oxygen atoms in total. The molecule has 2 aromatic rings. The molecule has 0 aliphatic heterocycles. The first-order valence-electron chi connectivity index (χ1n) is 5.88. The van der Waals surface area contributed by atoms with Gasteiger partial charge in [0.15, 0.2) is 0 Å². The summed E-state index contributed by atoms with van der Waals surface area (Å²) in [6, 6.07) is 7.73. The van der Waals surface area contributed by atoms with E-state index in [1.54, 1.807) is 7.05 Å². The van der Waals surface area contributed by atoms with Crippen molar-refractivity contribution in [2.45, 2.75) is 25.8 Å². The topological polar surface area (TPSA) is 57.8 Å². The Kier molecular flexibility index (Phi) is 3.54. The van der Waals surface area contributed by atoms with Gasteiger partial charge in [-0.2, -0.15) is 0 Å². The van der Waals surface area contributed by atoms with Gasteiger partial charge in [-0.25, -0.2) is 4.98 Å². The monoisotopic (exact) mass is 231 g/mol. The molecule has 0 radical (unpaired) electrons. The van der Waals surface area contributed by atoms with Crippen molar-refractivity contribution >= 4 is 16.8 Å². The predicted octanol–water partition coefficient (Wildman–Crippen LogP) is 1.67. The SMILES string of the molecule is CCC(=O)[C@H](Cc1nc2ccccc2[nH]1)NC. The maximum Gasteiger partial charge on any atom is 0.149 e. The van der Waals surface area contributed by atoms with E-state index < -0.39 is 0 Å². The van der Waals surface area contributed by atoms with E-state index in [1.807, 2.05) is 31.2 Å². The number of H-pyrrole nitrogens is 1. The highest BCUT2D eigenvalue weighted by molar-refractivity contribution is 5.84. The number of carbonyl (C=O) groups is 1. The number of ketones is 1. The molecule has 0 aliphatic carbocycles. The van der Waals surface area contributed by atoms with E-state index in [-0.39, 0.29) is 11.8 Å². The number of para-hydroxylation sites is 2. The molecule has 0 saturated heterocycles. The van der Waals surface area contributed by atoms with Crippen molar-refractivity contribution in [3.8, 4) is 0 Å². The number of nitrogens with one attached hydrogen (secondary N) is 2. The van der Waals surface area contributed by atoms with E-state index in [0.717, 1.165) is 16.9 Å². The van der Waals surface area contributed by atoms with Gasteiger partial charge in [-0.15, -0.1) is 0 Å². The Morgan fingerprint density at radius 1 is 1.47 bits per heavy atom. The van der Waals surface area contributed by atoms with E-state index in [4.69, 9.17) is 0 Å². The molecule has 0 fully saturated rings. The lowest BCUT2D eigenvalue weighted by Crippen LogP contribution is -2.35. The van der Waals surface area contributed by atoms with Crippen molar-refractivity contribution in [1.29, 1.82) is 0 Å². The maximum absolute atomic E-state index is 11.7. The number of aromatic amines is 1. The summed E-state index contributed by atoms with van der Waals surface area (Å²) in [5.41, 5.74) is 1.96. The van der Waals surface area contributed by atoms with E-state index in [0.29, 0.717) is 12.8 Å². The lowest BCUT2D eigenvalue weighted by molar-refractivity contribution is -0.120. The third kappa shape index (κ3) is 2.53. The fourth-order valence-electron chi connectivity index (χ4n) is 1.92. The molecule has 2 rings (SSSR count). The summed E-state index contributed by atoms with van der Waals surface area (Å²) in [4.78, 5) is 19.4. The lowest BCUT2D eigenvalue weighted by Gasteiger charge is -2.11. The number of carbonyl (C=O) groups excluding carboxylic acids is 1. The Morgan fingerprint density at radius 3 is 2.88 bits per heavy atom. The minimum Gasteiger partial charge on any atom is -0.342 e. The molecule has 0 bridgehead atoms. The smallest absolute Gasteiger partial charge is 0.149 e. The number of benzene rings is 1. The molecular formula is C13H17N3O. The lowest BCUT2D eigenvalue weighted by atomic mass is 10.1. The number of likely N-dealkylation sites (N-methyl/N-ethyl adjacent to an activating group) is 1. The van der Waals surface area contributed by atoms with Crippen LogP contribution in [0.2, 0.25) is 0 Å². The van der Waals surface area contributed by atoms with Crippen LogP contribution < -0.4 is 5.32 Å². The Labute approximate surface area is 100 Å². The van der Waals surface area contributed by atoms with Crippen LogP contribution in [-0.2, 0) is 11.2 Å². The number of Topliss-reactive ketones (excluding diaryl/α,β-unsaturated/α-hetero) is 1. The molecule has 0 saturated carbocycles. The van der Waals surface area contributed by atoms with Gasteiger partial charge in [0.1, 0.15) is 11.6 Å². The van der Waals surface area contributed by atoms with Crippen molar-refractivity contribution in [3.63, 3.8) is 0 Å². The van der Waals surface area contributed by atoms with Crippen LogP contribution in [0.25, 0.3) is 11.0 Å². The Hall–Kier alpha value is -1.68. The molecule has 0 unspecified atom stereocenters. The van der Waals surface area contributed by atoms with Crippen LogP contribution in [0.4, 0.5) is 0 Å². The molecule has 0 amide bonds.